The molecule has 2 aliphatic heterocycles. The van der Waals surface area contributed by atoms with E-state index in [-0.39, 0.29) is 10.8 Å². The van der Waals surface area contributed by atoms with Crippen LogP contribution in [0.25, 0.3) is 9.69 Å². The minimum atomic E-state index is -0.122. The second kappa shape index (κ2) is 22.0. The first-order valence-corrected chi connectivity index (χ1v) is 22.4. The average molecular weight is 759 g/mol. The fourth-order valence-electron chi connectivity index (χ4n) is 9.11. The molecule has 1 fully saturated rings. The first kappa shape index (κ1) is 44.6. The van der Waals surface area contributed by atoms with Crippen molar-refractivity contribution in [1.82, 2.24) is 0 Å². The zero-order chi connectivity index (χ0) is 40.6. The van der Waals surface area contributed by atoms with Crippen LogP contribution in [0.1, 0.15) is 156 Å². The fourth-order valence-corrected chi connectivity index (χ4v) is 9.11. The van der Waals surface area contributed by atoms with E-state index < -0.39 is 0 Å². The summed E-state index contributed by atoms with van der Waals surface area (Å²) in [6.45, 7) is 39.6. The molecule has 0 saturated heterocycles. The highest BCUT2D eigenvalue weighted by molar-refractivity contribution is 5.80. The minimum absolute atomic E-state index is 0.122. The molecule has 1 aliphatic carbocycles. The Labute approximate surface area is 342 Å². The van der Waals surface area contributed by atoms with Gasteiger partial charge in [-0.25, -0.2) is 18.8 Å². The molecular formula is C50H74N6+2. The largest absolute Gasteiger partial charge is 0.344 e. The van der Waals surface area contributed by atoms with Crippen LogP contribution in [0.3, 0.4) is 0 Å². The van der Waals surface area contributed by atoms with E-state index in [1.54, 1.807) is 0 Å². The molecule has 3 aliphatic rings. The monoisotopic (exact) mass is 759 g/mol. The van der Waals surface area contributed by atoms with Crippen LogP contribution in [0.2, 0.25) is 0 Å². The summed E-state index contributed by atoms with van der Waals surface area (Å²) in [6, 6.07) is 12.7. The molecule has 0 bridgehead atoms. The van der Waals surface area contributed by atoms with Gasteiger partial charge in [-0.15, -0.1) is 0 Å². The molecule has 56 heavy (non-hydrogen) atoms. The maximum absolute atomic E-state index is 7.75. The number of rotatable bonds is 18. The molecule has 2 atom stereocenters. The summed E-state index contributed by atoms with van der Waals surface area (Å²) in [5.41, 5.74) is 9.11. The second-order valence-electron chi connectivity index (χ2n) is 16.5. The third-order valence-corrected chi connectivity index (χ3v) is 12.8. The van der Waals surface area contributed by atoms with Crippen molar-refractivity contribution >= 4 is 35.2 Å². The van der Waals surface area contributed by atoms with Crippen LogP contribution in [0.5, 0.6) is 0 Å². The molecule has 302 valence electrons. The lowest BCUT2D eigenvalue weighted by Gasteiger charge is -2.31. The zero-order valence-corrected chi connectivity index (χ0v) is 36.6. The van der Waals surface area contributed by atoms with Crippen molar-refractivity contribution in [2.45, 2.75) is 156 Å². The van der Waals surface area contributed by atoms with Crippen LogP contribution in [0, 0.1) is 13.1 Å². The van der Waals surface area contributed by atoms with Crippen LogP contribution in [0.15, 0.2) is 59.9 Å². The highest BCUT2D eigenvalue weighted by Crippen LogP contribution is 2.53. The van der Waals surface area contributed by atoms with E-state index in [0.29, 0.717) is 0 Å². The minimum Gasteiger partial charge on any atom is -0.344 e. The smallest absolute Gasteiger partial charge is 0.187 e. The highest BCUT2D eigenvalue weighted by Gasteiger charge is 2.44. The van der Waals surface area contributed by atoms with Gasteiger partial charge in [0.15, 0.2) is 23.8 Å². The molecule has 2 aromatic rings. The van der Waals surface area contributed by atoms with Crippen LogP contribution in [-0.2, 0) is 10.8 Å². The molecule has 0 N–H and O–H groups in total. The number of unbranched alkanes of at least 4 members (excludes halogenated alkanes) is 4. The third kappa shape index (κ3) is 10.4. The lowest BCUT2D eigenvalue weighted by molar-refractivity contribution is -0.515. The molecule has 0 aromatic heterocycles. The summed E-state index contributed by atoms with van der Waals surface area (Å²) in [5.74, 6) is 0. The van der Waals surface area contributed by atoms with E-state index in [1.807, 2.05) is 12.1 Å². The van der Waals surface area contributed by atoms with Gasteiger partial charge in [0.2, 0.25) is 0 Å². The Hall–Kier alpha value is -4.16. The van der Waals surface area contributed by atoms with Crippen molar-refractivity contribution < 1.29 is 9.15 Å². The summed E-state index contributed by atoms with van der Waals surface area (Å²) in [5, 5.41) is 0. The Morgan fingerprint density at radius 3 is 1.27 bits per heavy atom. The molecule has 5 rings (SSSR count). The summed E-state index contributed by atoms with van der Waals surface area (Å²) < 4.78 is 4.73. The van der Waals surface area contributed by atoms with Gasteiger partial charge >= 0.3 is 0 Å². The van der Waals surface area contributed by atoms with Gasteiger partial charge in [0, 0.05) is 58.8 Å². The van der Waals surface area contributed by atoms with Crippen molar-refractivity contribution in [2.75, 3.05) is 49.1 Å². The van der Waals surface area contributed by atoms with Gasteiger partial charge in [0.05, 0.1) is 13.1 Å². The van der Waals surface area contributed by atoms with Gasteiger partial charge in [-0.05, 0) is 96.9 Å². The normalized spacial score (nSPS) is 21.0. The SMILES string of the molecule is C1CCCC1.[C-]#[N+]c1ccc2c(c1)C(C)(CCCC)C(=CC=[N+](CC)CC)N2CCCCCN1C(=CC=[N+](CC)CC)C(C)(CCCC)c2cc([N+]#[C-])ccc21. The summed E-state index contributed by atoms with van der Waals surface area (Å²) in [7, 11) is 0. The van der Waals surface area contributed by atoms with Crippen molar-refractivity contribution in [2.24, 2.45) is 0 Å². The lowest BCUT2D eigenvalue weighted by Crippen LogP contribution is -2.31. The predicted octanol–water partition coefficient (Wildman–Crippen LogP) is 13.2. The predicted molar refractivity (Wildman–Crippen MR) is 242 cm³/mol. The fraction of sp³-hybridized carbons (Fsp3) is 0.600. The van der Waals surface area contributed by atoms with E-state index in [0.717, 1.165) is 108 Å². The van der Waals surface area contributed by atoms with Crippen molar-refractivity contribution in [3.63, 3.8) is 0 Å². The molecule has 2 heterocycles. The maximum atomic E-state index is 7.75. The van der Waals surface area contributed by atoms with Crippen molar-refractivity contribution in [3.05, 3.63) is 93.9 Å². The number of fused-ring (bicyclic) bond motifs is 2. The molecule has 6 heteroatoms. The molecule has 2 unspecified atom stereocenters. The van der Waals surface area contributed by atoms with Gasteiger partial charge in [0.1, 0.15) is 26.2 Å². The molecule has 0 spiro atoms. The third-order valence-electron chi connectivity index (χ3n) is 12.8. The van der Waals surface area contributed by atoms with E-state index >= 15 is 0 Å². The molecule has 1 saturated carbocycles. The second-order valence-corrected chi connectivity index (χ2v) is 16.5. The van der Waals surface area contributed by atoms with Crippen LogP contribution >= 0.6 is 0 Å². The number of benzene rings is 2. The highest BCUT2D eigenvalue weighted by atomic mass is 15.2. The van der Waals surface area contributed by atoms with E-state index in [2.05, 4.69) is 133 Å². The van der Waals surface area contributed by atoms with Gasteiger partial charge in [-0.2, -0.15) is 0 Å². The first-order chi connectivity index (χ1) is 27.2. The van der Waals surface area contributed by atoms with Gasteiger partial charge in [-0.1, -0.05) is 95.9 Å². The number of anilines is 2. The Morgan fingerprint density at radius 1 is 0.571 bits per heavy atom. The topological polar surface area (TPSA) is 21.2 Å². The lowest BCUT2D eigenvalue weighted by atomic mass is 9.77. The van der Waals surface area contributed by atoms with Crippen LogP contribution in [-0.4, -0.2) is 60.8 Å². The quantitative estimate of drug-likeness (QED) is 0.0653. The van der Waals surface area contributed by atoms with Crippen molar-refractivity contribution in [1.29, 1.82) is 0 Å². The maximum Gasteiger partial charge on any atom is 0.187 e. The Bertz CT molecular complexity index is 1650. The summed E-state index contributed by atoms with van der Waals surface area (Å²) in [6.07, 6.45) is 26.9. The van der Waals surface area contributed by atoms with Gasteiger partial charge in [0.25, 0.3) is 0 Å². The number of allylic oxidation sites excluding steroid dienone is 4. The first-order valence-electron chi connectivity index (χ1n) is 22.4. The Balaban J connectivity index is 0.00000129. The molecular weight excluding hydrogens is 685 g/mol. The van der Waals surface area contributed by atoms with Crippen LogP contribution in [0.4, 0.5) is 22.7 Å². The molecule has 0 amide bonds. The number of hydrogen-bond acceptors (Lipinski definition) is 2. The van der Waals surface area contributed by atoms with E-state index in [1.165, 1.54) is 66.0 Å². The standard InChI is InChI=1S/C45H64N6.C5H10/c1-11-17-28-44(7)38-34-36(46-9)22-24-40(38)50(42(44)26-32-48(13-3)14-4)30-20-19-21-31-51-41-25-23-37(47-10)35-39(41)45(8,29-18-12-2)43(51)27-33-49(15-5)16-6;1-2-4-5-3-1/h22-27,32-35H,11-21,28-31H2,1-8H3;1-5H2/q+2;. The van der Waals surface area contributed by atoms with Crippen LogP contribution < -0.4 is 9.80 Å². The molecule has 0 radical (unpaired) electrons. The number of hydrogen-bond donors (Lipinski definition) is 0. The zero-order valence-electron chi connectivity index (χ0n) is 36.6. The summed E-state index contributed by atoms with van der Waals surface area (Å²) >= 11 is 0. The Morgan fingerprint density at radius 2 is 0.946 bits per heavy atom. The Kier molecular flexibility index (Phi) is 17.5. The summed E-state index contributed by atoms with van der Waals surface area (Å²) in [4.78, 5) is 12.8. The van der Waals surface area contributed by atoms with Crippen molar-refractivity contribution in [3.8, 4) is 0 Å². The average Bonchev–Trinajstić information content (AvgIpc) is 3.94. The van der Waals surface area contributed by atoms with Gasteiger partial charge < -0.3 is 9.80 Å². The van der Waals surface area contributed by atoms with E-state index in [9.17, 15) is 0 Å². The number of nitrogens with zero attached hydrogens (tertiary/aromatic N) is 6. The molecule has 2 aromatic carbocycles. The van der Waals surface area contributed by atoms with E-state index in [4.69, 9.17) is 13.1 Å². The van der Waals surface area contributed by atoms with Gasteiger partial charge in [-0.3, -0.25) is 0 Å². The molecule has 6 nitrogen and oxygen atoms in total.